The van der Waals surface area contributed by atoms with Gasteiger partial charge >= 0.3 is 0 Å². The van der Waals surface area contributed by atoms with Crippen LogP contribution in [0.25, 0.3) is 0 Å². The first kappa shape index (κ1) is 12.8. The molecule has 0 aliphatic carbocycles. The van der Waals surface area contributed by atoms with Gasteiger partial charge < -0.3 is 0 Å². The van der Waals surface area contributed by atoms with Gasteiger partial charge in [-0.15, -0.1) is 11.3 Å². The fraction of sp³-hybridized carbons (Fsp3) is 0.467. The van der Waals surface area contributed by atoms with Gasteiger partial charge in [-0.1, -0.05) is 6.07 Å². The Labute approximate surface area is 118 Å². The van der Waals surface area contributed by atoms with E-state index in [2.05, 4.69) is 32.4 Å². The molecule has 2 aromatic heterocycles. The molecule has 4 heteroatoms. The monoisotopic (exact) mass is 273 g/mol. The topological polar surface area (TPSA) is 29.0 Å². The highest BCUT2D eigenvalue weighted by Crippen LogP contribution is 2.22. The minimum absolute atomic E-state index is 0.753. The first-order chi connectivity index (χ1) is 9.40. The third-order valence-electron chi connectivity index (χ3n) is 3.66. The summed E-state index contributed by atoms with van der Waals surface area (Å²) in [5.74, 6) is 0.753. The second-order valence-corrected chi connectivity index (χ2v) is 6.17. The van der Waals surface area contributed by atoms with Crippen LogP contribution >= 0.6 is 11.3 Å². The maximum atomic E-state index is 4.42. The van der Waals surface area contributed by atoms with Crippen molar-refractivity contribution < 1.29 is 0 Å². The van der Waals surface area contributed by atoms with Gasteiger partial charge in [-0.05, 0) is 37.4 Å². The lowest BCUT2D eigenvalue weighted by Crippen LogP contribution is -2.35. The molecule has 1 saturated heterocycles. The Bertz CT molecular complexity index is 483. The van der Waals surface area contributed by atoms with Gasteiger partial charge in [0.25, 0.3) is 0 Å². The van der Waals surface area contributed by atoms with Crippen molar-refractivity contribution in [2.45, 2.75) is 25.8 Å². The van der Waals surface area contributed by atoms with Crippen LogP contribution in [-0.4, -0.2) is 28.0 Å². The van der Waals surface area contributed by atoms with Gasteiger partial charge in [0.1, 0.15) is 0 Å². The second-order valence-electron chi connectivity index (χ2n) is 5.19. The van der Waals surface area contributed by atoms with E-state index in [-0.39, 0.29) is 0 Å². The zero-order valence-electron chi connectivity index (χ0n) is 11.0. The molecular formula is C15H19N3S. The Morgan fingerprint density at radius 2 is 2.26 bits per heavy atom. The average Bonchev–Trinajstić information content (AvgIpc) is 2.93. The zero-order chi connectivity index (χ0) is 12.9. The normalized spacial score (nSPS) is 20.5. The highest BCUT2D eigenvalue weighted by atomic mass is 32.1. The van der Waals surface area contributed by atoms with E-state index in [4.69, 9.17) is 0 Å². The van der Waals surface area contributed by atoms with E-state index in [0.717, 1.165) is 18.9 Å². The van der Waals surface area contributed by atoms with E-state index < -0.39 is 0 Å². The number of hydrogen-bond acceptors (Lipinski definition) is 4. The van der Waals surface area contributed by atoms with Crippen molar-refractivity contribution >= 4 is 11.3 Å². The summed E-state index contributed by atoms with van der Waals surface area (Å²) >= 11 is 1.78. The van der Waals surface area contributed by atoms with Crippen LogP contribution in [0, 0.1) is 5.92 Å². The first-order valence-corrected chi connectivity index (χ1v) is 7.79. The van der Waals surface area contributed by atoms with Gasteiger partial charge in [-0.2, -0.15) is 0 Å². The molecule has 3 rings (SSSR count). The predicted molar refractivity (Wildman–Crippen MR) is 78.1 cm³/mol. The molecule has 19 heavy (non-hydrogen) atoms. The summed E-state index contributed by atoms with van der Waals surface area (Å²) in [5.41, 5.74) is 1.18. The molecule has 1 fully saturated rings. The molecule has 1 aliphatic heterocycles. The lowest BCUT2D eigenvalue weighted by molar-refractivity contribution is 0.165. The van der Waals surface area contributed by atoms with Crippen molar-refractivity contribution in [2.24, 2.45) is 5.92 Å². The molecule has 1 atom stereocenters. The van der Waals surface area contributed by atoms with E-state index in [0.29, 0.717) is 0 Å². The number of pyridine rings is 1. The molecule has 0 spiro atoms. The fourth-order valence-electron chi connectivity index (χ4n) is 2.78. The first-order valence-electron chi connectivity index (χ1n) is 6.91. The average molecular weight is 273 g/mol. The molecule has 3 heterocycles. The van der Waals surface area contributed by atoms with E-state index in [1.54, 1.807) is 11.3 Å². The Balaban J connectivity index is 1.56. The molecule has 0 radical (unpaired) electrons. The van der Waals surface area contributed by atoms with Crippen molar-refractivity contribution in [2.75, 3.05) is 13.1 Å². The van der Waals surface area contributed by atoms with Crippen molar-refractivity contribution in [3.8, 4) is 0 Å². The summed E-state index contributed by atoms with van der Waals surface area (Å²) in [5, 5.41) is 3.36. The van der Waals surface area contributed by atoms with Crippen LogP contribution in [0.2, 0.25) is 0 Å². The second kappa shape index (κ2) is 6.26. The van der Waals surface area contributed by atoms with Crippen LogP contribution in [0.3, 0.4) is 0 Å². The number of piperidine rings is 1. The standard InChI is InChI=1S/C15H19N3S/c1-2-6-16-14(5-1)12-18-8-3-4-13(11-18)10-15-17-7-9-19-15/h1-2,5-7,9,13H,3-4,8,10-12H2. The third kappa shape index (κ3) is 3.61. The number of likely N-dealkylation sites (tertiary alicyclic amines) is 1. The molecule has 0 aromatic carbocycles. The summed E-state index contributed by atoms with van der Waals surface area (Å²) in [6.07, 6.45) is 7.55. The molecule has 0 N–H and O–H groups in total. The lowest BCUT2D eigenvalue weighted by atomic mass is 9.95. The van der Waals surface area contributed by atoms with Gasteiger partial charge in [-0.3, -0.25) is 9.88 Å². The Morgan fingerprint density at radius 3 is 3.05 bits per heavy atom. The molecular weight excluding hydrogens is 254 g/mol. The third-order valence-corrected chi connectivity index (χ3v) is 4.46. The van der Waals surface area contributed by atoms with Crippen molar-refractivity contribution in [3.05, 3.63) is 46.7 Å². The largest absolute Gasteiger partial charge is 0.297 e. The molecule has 0 amide bonds. The Kier molecular flexibility index (Phi) is 4.20. The summed E-state index contributed by atoms with van der Waals surface area (Å²) in [6, 6.07) is 6.16. The van der Waals surface area contributed by atoms with Crippen LogP contribution in [0.15, 0.2) is 36.0 Å². The van der Waals surface area contributed by atoms with Gasteiger partial charge in [0.05, 0.1) is 10.7 Å². The maximum Gasteiger partial charge on any atom is 0.0928 e. The molecule has 1 unspecified atom stereocenters. The molecule has 100 valence electrons. The molecule has 3 nitrogen and oxygen atoms in total. The summed E-state index contributed by atoms with van der Waals surface area (Å²) in [6.45, 7) is 3.36. The van der Waals surface area contributed by atoms with E-state index in [1.807, 2.05) is 18.5 Å². The van der Waals surface area contributed by atoms with Crippen molar-refractivity contribution in [1.82, 2.24) is 14.9 Å². The van der Waals surface area contributed by atoms with Crippen molar-refractivity contribution in [3.63, 3.8) is 0 Å². The Hall–Kier alpha value is -1.26. The number of nitrogens with zero attached hydrogens (tertiary/aromatic N) is 3. The van der Waals surface area contributed by atoms with Gasteiger partial charge in [0.15, 0.2) is 0 Å². The molecule has 0 bridgehead atoms. The number of aromatic nitrogens is 2. The minimum atomic E-state index is 0.753. The van der Waals surface area contributed by atoms with E-state index in [1.165, 1.54) is 36.6 Å². The SMILES string of the molecule is c1ccc(CN2CCCC(Cc3nccs3)C2)nc1. The molecule has 0 saturated carbocycles. The van der Waals surface area contributed by atoms with Crippen LogP contribution in [-0.2, 0) is 13.0 Å². The smallest absolute Gasteiger partial charge is 0.0928 e. The van der Waals surface area contributed by atoms with Crippen LogP contribution in [0.1, 0.15) is 23.5 Å². The fourth-order valence-corrected chi connectivity index (χ4v) is 3.52. The summed E-state index contributed by atoms with van der Waals surface area (Å²) in [4.78, 5) is 11.4. The Morgan fingerprint density at radius 1 is 1.26 bits per heavy atom. The number of hydrogen-bond donors (Lipinski definition) is 0. The minimum Gasteiger partial charge on any atom is -0.297 e. The van der Waals surface area contributed by atoms with Crippen LogP contribution < -0.4 is 0 Å². The quantitative estimate of drug-likeness (QED) is 0.857. The van der Waals surface area contributed by atoms with Crippen LogP contribution in [0.4, 0.5) is 0 Å². The summed E-state index contributed by atoms with van der Waals surface area (Å²) < 4.78 is 0. The number of rotatable bonds is 4. The van der Waals surface area contributed by atoms with E-state index in [9.17, 15) is 0 Å². The molecule has 1 aliphatic rings. The van der Waals surface area contributed by atoms with Gasteiger partial charge in [0, 0.05) is 37.3 Å². The van der Waals surface area contributed by atoms with Crippen molar-refractivity contribution in [1.29, 1.82) is 0 Å². The molecule has 2 aromatic rings. The number of thiazole rings is 1. The van der Waals surface area contributed by atoms with E-state index >= 15 is 0 Å². The predicted octanol–water partition coefficient (Wildman–Crippen LogP) is 2.99. The highest BCUT2D eigenvalue weighted by molar-refractivity contribution is 7.09. The van der Waals surface area contributed by atoms with Gasteiger partial charge in [0.2, 0.25) is 0 Å². The lowest BCUT2D eigenvalue weighted by Gasteiger charge is -2.32. The van der Waals surface area contributed by atoms with Gasteiger partial charge in [-0.25, -0.2) is 4.98 Å². The van der Waals surface area contributed by atoms with Crippen LogP contribution in [0.5, 0.6) is 0 Å². The summed E-state index contributed by atoms with van der Waals surface area (Å²) in [7, 11) is 0. The maximum absolute atomic E-state index is 4.42. The highest BCUT2D eigenvalue weighted by Gasteiger charge is 2.21. The zero-order valence-corrected chi connectivity index (χ0v) is 11.9.